The van der Waals surface area contributed by atoms with E-state index in [-0.39, 0.29) is 12.1 Å². The Bertz CT molecular complexity index is 556. The summed E-state index contributed by atoms with van der Waals surface area (Å²) in [7, 11) is -3.16. The molecule has 5 nitrogen and oxygen atoms in total. The van der Waals surface area contributed by atoms with Gasteiger partial charge in [-0.25, -0.2) is 13.4 Å². The molecule has 6 heteroatoms. The highest BCUT2D eigenvalue weighted by Crippen LogP contribution is 2.24. The number of hydrogen-bond donors (Lipinski definition) is 0. The van der Waals surface area contributed by atoms with Crippen molar-refractivity contribution < 1.29 is 8.42 Å². The summed E-state index contributed by atoms with van der Waals surface area (Å²) in [5.74, 6) is 0.925. The summed E-state index contributed by atoms with van der Waals surface area (Å²) in [6.45, 7) is 7.38. The van der Waals surface area contributed by atoms with Gasteiger partial charge in [0.2, 0.25) is 10.0 Å². The first-order chi connectivity index (χ1) is 9.32. The fourth-order valence-electron chi connectivity index (χ4n) is 2.91. The van der Waals surface area contributed by atoms with Gasteiger partial charge in [-0.15, -0.1) is 0 Å². The molecule has 0 unspecified atom stereocenters. The second kappa shape index (κ2) is 5.69. The lowest BCUT2D eigenvalue weighted by Gasteiger charge is -2.44. The first-order valence-electron chi connectivity index (χ1n) is 6.99. The molecular formula is C14H23N3O2S. The molecule has 0 bridgehead atoms. The minimum Gasteiger partial charge on any atom is -0.353 e. The number of aromatic nitrogens is 1. The van der Waals surface area contributed by atoms with Gasteiger partial charge in [-0.05, 0) is 31.9 Å². The zero-order chi connectivity index (χ0) is 14.9. The predicted octanol–water partition coefficient (Wildman–Crippen LogP) is 1.64. The van der Waals surface area contributed by atoms with E-state index in [9.17, 15) is 8.42 Å². The van der Waals surface area contributed by atoms with E-state index in [1.54, 1.807) is 4.31 Å². The van der Waals surface area contributed by atoms with Crippen molar-refractivity contribution in [3.05, 3.63) is 23.9 Å². The Hall–Kier alpha value is -1.14. The fraction of sp³-hybridized carbons (Fsp3) is 0.643. The van der Waals surface area contributed by atoms with E-state index >= 15 is 0 Å². The van der Waals surface area contributed by atoms with Crippen LogP contribution in [0.4, 0.5) is 5.82 Å². The van der Waals surface area contributed by atoms with Crippen molar-refractivity contribution >= 4 is 15.8 Å². The van der Waals surface area contributed by atoms with Gasteiger partial charge in [0, 0.05) is 31.4 Å². The zero-order valence-electron chi connectivity index (χ0n) is 12.6. The van der Waals surface area contributed by atoms with Gasteiger partial charge < -0.3 is 4.90 Å². The molecule has 0 N–H and O–H groups in total. The third-order valence-electron chi connectivity index (χ3n) is 3.78. The molecule has 0 aliphatic carbocycles. The Labute approximate surface area is 121 Å². The van der Waals surface area contributed by atoms with Gasteiger partial charge in [-0.3, -0.25) is 0 Å². The molecule has 0 aromatic carbocycles. The van der Waals surface area contributed by atoms with Crippen LogP contribution in [0.2, 0.25) is 0 Å². The van der Waals surface area contributed by atoms with Crippen molar-refractivity contribution in [1.29, 1.82) is 0 Å². The summed E-state index contributed by atoms with van der Waals surface area (Å²) in [6.07, 6.45) is 3.95. The Morgan fingerprint density at radius 2 is 2.05 bits per heavy atom. The van der Waals surface area contributed by atoms with Crippen LogP contribution in [-0.4, -0.2) is 49.1 Å². The van der Waals surface area contributed by atoms with Crippen molar-refractivity contribution in [3.63, 3.8) is 0 Å². The van der Waals surface area contributed by atoms with Crippen molar-refractivity contribution in [2.45, 2.75) is 39.3 Å². The van der Waals surface area contributed by atoms with Crippen LogP contribution in [0.25, 0.3) is 0 Å². The maximum absolute atomic E-state index is 11.9. The number of rotatable bonds is 3. The molecule has 112 valence electrons. The highest BCUT2D eigenvalue weighted by Gasteiger charge is 2.37. The Morgan fingerprint density at radius 3 is 2.55 bits per heavy atom. The molecule has 2 heterocycles. The Balaban J connectivity index is 2.24. The maximum atomic E-state index is 11.9. The SMILES string of the molecule is CC[C@@H]1CN(c2ccc(C)cn2)C[C@H](C)N1S(C)(=O)=O. The molecule has 2 rings (SSSR count). The van der Waals surface area contributed by atoms with Gasteiger partial charge >= 0.3 is 0 Å². The normalized spacial score (nSPS) is 24.9. The quantitative estimate of drug-likeness (QED) is 0.851. The average molecular weight is 297 g/mol. The van der Waals surface area contributed by atoms with Crippen molar-refractivity contribution in [3.8, 4) is 0 Å². The number of sulfonamides is 1. The standard InChI is InChI=1S/C14H23N3O2S/c1-5-13-10-16(14-7-6-11(2)8-15-14)9-12(3)17(13)20(4,18)19/h6-8,12-13H,5,9-10H2,1-4H3/t12-,13+/m0/s1. The molecule has 1 aromatic heterocycles. The van der Waals surface area contributed by atoms with Crippen LogP contribution in [0.5, 0.6) is 0 Å². The maximum Gasteiger partial charge on any atom is 0.211 e. The lowest BCUT2D eigenvalue weighted by Crippen LogP contribution is -2.59. The number of pyridine rings is 1. The van der Waals surface area contributed by atoms with Gasteiger partial charge in [0.25, 0.3) is 0 Å². The van der Waals surface area contributed by atoms with E-state index in [1.165, 1.54) is 6.26 Å². The van der Waals surface area contributed by atoms with Crippen LogP contribution in [0.3, 0.4) is 0 Å². The second-order valence-corrected chi connectivity index (χ2v) is 7.49. The third-order valence-corrected chi connectivity index (χ3v) is 5.21. The van der Waals surface area contributed by atoms with E-state index < -0.39 is 10.0 Å². The fourth-order valence-corrected chi connectivity index (χ4v) is 4.39. The highest BCUT2D eigenvalue weighted by molar-refractivity contribution is 7.88. The Kier molecular flexibility index (Phi) is 4.34. The summed E-state index contributed by atoms with van der Waals surface area (Å²) in [5.41, 5.74) is 1.13. The topological polar surface area (TPSA) is 53.5 Å². The molecule has 1 fully saturated rings. The minimum absolute atomic E-state index is 0.0110. The van der Waals surface area contributed by atoms with E-state index in [1.807, 2.05) is 39.1 Å². The van der Waals surface area contributed by atoms with Gasteiger partial charge in [0.15, 0.2) is 0 Å². The van der Waals surface area contributed by atoms with E-state index in [0.29, 0.717) is 13.1 Å². The predicted molar refractivity (Wildman–Crippen MR) is 81.4 cm³/mol. The summed E-state index contributed by atoms with van der Waals surface area (Å²) < 4.78 is 25.5. The van der Waals surface area contributed by atoms with Crippen LogP contribution < -0.4 is 4.90 Å². The first-order valence-corrected chi connectivity index (χ1v) is 8.84. The third kappa shape index (κ3) is 3.12. The van der Waals surface area contributed by atoms with Crippen molar-refractivity contribution in [2.75, 3.05) is 24.2 Å². The second-order valence-electron chi connectivity index (χ2n) is 5.60. The first kappa shape index (κ1) is 15.3. The smallest absolute Gasteiger partial charge is 0.211 e. The summed E-state index contributed by atoms with van der Waals surface area (Å²) in [6, 6.07) is 4.02. The zero-order valence-corrected chi connectivity index (χ0v) is 13.4. The summed E-state index contributed by atoms with van der Waals surface area (Å²) in [5, 5.41) is 0. The number of nitrogens with zero attached hydrogens (tertiary/aromatic N) is 3. The number of piperazine rings is 1. The van der Waals surface area contributed by atoms with Crippen LogP contribution >= 0.6 is 0 Å². The van der Waals surface area contributed by atoms with Crippen molar-refractivity contribution in [1.82, 2.24) is 9.29 Å². The van der Waals surface area contributed by atoms with Gasteiger partial charge in [0.1, 0.15) is 5.82 Å². The Morgan fingerprint density at radius 1 is 1.35 bits per heavy atom. The number of aryl methyl sites for hydroxylation is 1. The minimum atomic E-state index is -3.16. The molecule has 1 aromatic rings. The largest absolute Gasteiger partial charge is 0.353 e. The van der Waals surface area contributed by atoms with Crippen LogP contribution in [0, 0.1) is 6.92 Å². The molecule has 0 saturated carbocycles. The monoisotopic (exact) mass is 297 g/mol. The molecule has 0 radical (unpaired) electrons. The summed E-state index contributed by atoms with van der Waals surface area (Å²) >= 11 is 0. The van der Waals surface area contributed by atoms with Crippen LogP contribution in [0.1, 0.15) is 25.8 Å². The van der Waals surface area contributed by atoms with Crippen LogP contribution in [0.15, 0.2) is 18.3 Å². The molecule has 1 aliphatic heterocycles. The van der Waals surface area contributed by atoms with Gasteiger partial charge in [0.05, 0.1) is 6.26 Å². The van der Waals surface area contributed by atoms with E-state index in [4.69, 9.17) is 0 Å². The lowest BCUT2D eigenvalue weighted by molar-refractivity contribution is 0.223. The molecular weight excluding hydrogens is 274 g/mol. The molecule has 1 aliphatic rings. The molecule has 2 atom stereocenters. The van der Waals surface area contributed by atoms with Crippen LogP contribution in [-0.2, 0) is 10.0 Å². The molecule has 0 spiro atoms. The van der Waals surface area contributed by atoms with Gasteiger partial charge in [-0.2, -0.15) is 4.31 Å². The number of anilines is 1. The summed E-state index contributed by atoms with van der Waals surface area (Å²) in [4.78, 5) is 6.63. The van der Waals surface area contributed by atoms with E-state index in [2.05, 4.69) is 9.88 Å². The number of hydrogen-bond acceptors (Lipinski definition) is 4. The highest BCUT2D eigenvalue weighted by atomic mass is 32.2. The molecule has 1 saturated heterocycles. The van der Waals surface area contributed by atoms with Crippen molar-refractivity contribution in [2.24, 2.45) is 0 Å². The average Bonchev–Trinajstić information content (AvgIpc) is 2.37. The molecule has 0 amide bonds. The van der Waals surface area contributed by atoms with E-state index in [0.717, 1.165) is 17.8 Å². The van der Waals surface area contributed by atoms with Gasteiger partial charge in [-0.1, -0.05) is 13.0 Å². The molecule has 20 heavy (non-hydrogen) atoms. The lowest BCUT2D eigenvalue weighted by atomic mass is 10.1.